The zero-order valence-electron chi connectivity index (χ0n) is 20.9. The number of carboxylic acids is 2. The number of ether oxygens (including phenoxy) is 2. The number of methoxy groups -OCH3 is 1. The predicted octanol–water partition coefficient (Wildman–Crippen LogP) is 2.74. The second-order valence-corrected chi connectivity index (χ2v) is 8.29. The van der Waals surface area contributed by atoms with Crippen molar-refractivity contribution < 1.29 is 42.9 Å². The van der Waals surface area contributed by atoms with Gasteiger partial charge in [0, 0.05) is 56.1 Å². The molecule has 1 saturated heterocycles. The average molecular weight is 548 g/mol. The fraction of sp³-hybridized carbons (Fsp3) is 0.320. The van der Waals surface area contributed by atoms with E-state index in [4.69, 9.17) is 29.3 Å². The number of carbonyl (C=O) groups is 3. The van der Waals surface area contributed by atoms with E-state index in [-0.39, 0.29) is 24.4 Å². The molecule has 2 amide bonds. The molecule has 1 aromatic carbocycles. The zero-order valence-corrected chi connectivity index (χ0v) is 20.9. The number of rotatable bonds is 7. The molecule has 1 aliphatic heterocycles. The molecule has 39 heavy (non-hydrogen) atoms. The van der Waals surface area contributed by atoms with Crippen molar-refractivity contribution in [3.8, 4) is 11.6 Å². The van der Waals surface area contributed by atoms with Crippen LogP contribution < -0.4 is 20.1 Å². The number of aliphatic carboxylic acids is 2. The van der Waals surface area contributed by atoms with E-state index in [1.54, 1.807) is 29.3 Å². The Morgan fingerprint density at radius 1 is 1.05 bits per heavy atom. The minimum absolute atomic E-state index is 0.163. The number of amides is 2. The standard InChI is InChI=1S/C23H25F2N5O3.C2H2O4/c1-32-21-3-2-19-22(29-21)20(4-7-27-19)28-23(31)30-9-5-17(6-10-30)26-8-11-33-18-13-15(24)12-16(25)14-18;3-1(4)2(5)6/h2-4,7,12-14,17,26H,5-6,8-11H2,1H3,(H,27,28,31);(H,3,4)(H,5,6). The molecule has 4 rings (SSSR count). The minimum Gasteiger partial charge on any atom is -0.492 e. The van der Waals surface area contributed by atoms with Gasteiger partial charge in [0.2, 0.25) is 5.88 Å². The molecule has 12 nitrogen and oxygen atoms in total. The first-order chi connectivity index (χ1) is 18.7. The number of nitrogens with one attached hydrogen (secondary N) is 2. The van der Waals surface area contributed by atoms with Gasteiger partial charge in [0.1, 0.15) is 29.5 Å². The van der Waals surface area contributed by atoms with Gasteiger partial charge in [-0.05, 0) is 25.0 Å². The van der Waals surface area contributed by atoms with E-state index in [0.29, 0.717) is 42.2 Å². The normalized spacial score (nSPS) is 13.3. The Bertz CT molecular complexity index is 1290. The first-order valence-corrected chi connectivity index (χ1v) is 11.8. The number of hydrogen-bond donors (Lipinski definition) is 4. The van der Waals surface area contributed by atoms with Crippen LogP contribution in [0.4, 0.5) is 19.3 Å². The van der Waals surface area contributed by atoms with E-state index in [1.807, 2.05) is 0 Å². The number of fused-ring (bicyclic) bond motifs is 1. The number of aromatic nitrogens is 2. The molecule has 14 heteroatoms. The Kier molecular flexibility index (Phi) is 10.3. The summed E-state index contributed by atoms with van der Waals surface area (Å²) < 4.78 is 37.0. The van der Waals surface area contributed by atoms with Crippen LogP contribution in [0, 0.1) is 11.6 Å². The maximum atomic E-state index is 13.2. The molecule has 0 saturated carbocycles. The Balaban J connectivity index is 0.000000631. The van der Waals surface area contributed by atoms with Crippen molar-refractivity contribution in [2.75, 3.05) is 38.7 Å². The van der Waals surface area contributed by atoms with Crippen LogP contribution in [0.2, 0.25) is 0 Å². The summed E-state index contributed by atoms with van der Waals surface area (Å²) >= 11 is 0. The van der Waals surface area contributed by atoms with Crippen LogP contribution in [0.1, 0.15) is 12.8 Å². The van der Waals surface area contributed by atoms with Crippen molar-refractivity contribution in [2.45, 2.75) is 18.9 Å². The maximum Gasteiger partial charge on any atom is 0.414 e. The van der Waals surface area contributed by atoms with Gasteiger partial charge in [0.05, 0.1) is 18.3 Å². The van der Waals surface area contributed by atoms with Gasteiger partial charge in [-0.1, -0.05) is 0 Å². The van der Waals surface area contributed by atoms with Crippen molar-refractivity contribution >= 4 is 34.7 Å². The number of hydrogen-bond acceptors (Lipinski definition) is 8. The van der Waals surface area contributed by atoms with Crippen LogP contribution in [-0.2, 0) is 9.59 Å². The number of nitrogens with zero attached hydrogens (tertiary/aromatic N) is 3. The number of benzene rings is 1. The van der Waals surface area contributed by atoms with E-state index in [2.05, 4.69) is 20.6 Å². The fourth-order valence-electron chi connectivity index (χ4n) is 3.75. The predicted molar refractivity (Wildman–Crippen MR) is 135 cm³/mol. The van der Waals surface area contributed by atoms with Gasteiger partial charge < -0.3 is 35.2 Å². The van der Waals surface area contributed by atoms with Crippen molar-refractivity contribution in [3.63, 3.8) is 0 Å². The lowest BCUT2D eigenvalue weighted by atomic mass is 10.1. The van der Waals surface area contributed by atoms with Crippen molar-refractivity contribution in [1.82, 2.24) is 20.2 Å². The van der Waals surface area contributed by atoms with Crippen molar-refractivity contribution in [3.05, 3.63) is 54.2 Å². The minimum atomic E-state index is -1.82. The summed E-state index contributed by atoms with van der Waals surface area (Å²) in [4.78, 5) is 41.4. The highest BCUT2D eigenvalue weighted by atomic mass is 19.1. The lowest BCUT2D eigenvalue weighted by Gasteiger charge is -2.32. The molecule has 0 bridgehead atoms. The Hall–Kier alpha value is -4.59. The first kappa shape index (κ1) is 29.0. The molecule has 0 spiro atoms. The Morgan fingerprint density at radius 2 is 1.72 bits per heavy atom. The van der Waals surface area contributed by atoms with E-state index >= 15 is 0 Å². The highest BCUT2D eigenvalue weighted by Gasteiger charge is 2.23. The van der Waals surface area contributed by atoms with Crippen molar-refractivity contribution in [1.29, 1.82) is 0 Å². The lowest BCUT2D eigenvalue weighted by molar-refractivity contribution is -0.159. The van der Waals surface area contributed by atoms with Crippen LogP contribution in [0.15, 0.2) is 42.6 Å². The molecule has 0 unspecified atom stereocenters. The number of likely N-dealkylation sites (tertiary alicyclic amines) is 1. The summed E-state index contributed by atoms with van der Waals surface area (Å²) in [5, 5.41) is 21.1. The van der Waals surface area contributed by atoms with E-state index in [0.717, 1.165) is 31.0 Å². The third-order valence-electron chi connectivity index (χ3n) is 5.61. The number of carbonyl (C=O) groups excluding carboxylic acids is 1. The van der Waals surface area contributed by atoms with Gasteiger partial charge in [-0.25, -0.2) is 28.1 Å². The summed E-state index contributed by atoms with van der Waals surface area (Å²) in [6.45, 7) is 2.01. The molecule has 1 aliphatic rings. The van der Waals surface area contributed by atoms with Gasteiger partial charge in [0.25, 0.3) is 0 Å². The average Bonchev–Trinajstić information content (AvgIpc) is 2.91. The van der Waals surface area contributed by atoms with Gasteiger partial charge in [-0.2, -0.15) is 0 Å². The number of anilines is 1. The quantitative estimate of drug-likeness (QED) is 0.255. The smallest absolute Gasteiger partial charge is 0.414 e. The molecule has 2 aromatic heterocycles. The third kappa shape index (κ3) is 8.74. The van der Waals surface area contributed by atoms with Crippen LogP contribution in [0.5, 0.6) is 11.6 Å². The first-order valence-electron chi connectivity index (χ1n) is 11.8. The van der Waals surface area contributed by atoms with Crippen LogP contribution in [-0.4, -0.2) is 82.4 Å². The largest absolute Gasteiger partial charge is 0.492 e. The third-order valence-corrected chi connectivity index (χ3v) is 5.61. The second-order valence-electron chi connectivity index (χ2n) is 8.29. The van der Waals surface area contributed by atoms with Crippen LogP contribution >= 0.6 is 0 Å². The van der Waals surface area contributed by atoms with E-state index < -0.39 is 23.6 Å². The van der Waals surface area contributed by atoms with Gasteiger partial charge in [-0.15, -0.1) is 0 Å². The highest BCUT2D eigenvalue weighted by molar-refractivity contribution is 6.27. The molecule has 1 fully saturated rings. The molecule has 0 radical (unpaired) electrons. The number of pyridine rings is 2. The SMILES string of the molecule is COc1ccc2nccc(NC(=O)N3CCC(NCCOc4cc(F)cc(F)c4)CC3)c2n1.O=C(O)C(=O)O. The van der Waals surface area contributed by atoms with E-state index in [1.165, 1.54) is 7.11 Å². The molecule has 4 N–H and O–H groups in total. The summed E-state index contributed by atoms with van der Waals surface area (Å²) in [7, 11) is 1.54. The molecular weight excluding hydrogens is 520 g/mol. The summed E-state index contributed by atoms with van der Waals surface area (Å²) in [5.74, 6) is -4.37. The Labute approximate surface area is 221 Å². The number of halogens is 2. The molecular formula is C25H27F2N5O7. The number of piperidine rings is 1. The van der Waals surface area contributed by atoms with Crippen molar-refractivity contribution in [2.24, 2.45) is 0 Å². The molecule has 208 valence electrons. The molecule has 3 heterocycles. The summed E-state index contributed by atoms with van der Waals surface area (Å²) in [6, 6.07) is 8.38. The Morgan fingerprint density at radius 3 is 2.33 bits per heavy atom. The molecule has 3 aromatic rings. The maximum absolute atomic E-state index is 13.2. The van der Waals surface area contributed by atoms with Gasteiger partial charge >= 0.3 is 18.0 Å². The number of carboxylic acid groups (broad SMARTS) is 2. The van der Waals surface area contributed by atoms with E-state index in [9.17, 15) is 13.6 Å². The monoisotopic (exact) mass is 547 g/mol. The van der Waals surface area contributed by atoms with Crippen LogP contribution in [0.25, 0.3) is 11.0 Å². The highest BCUT2D eigenvalue weighted by Crippen LogP contribution is 2.23. The van der Waals surface area contributed by atoms with Gasteiger partial charge in [-0.3, -0.25) is 4.98 Å². The molecule has 0 aliphatic carbocycles. The van der Waals surface area contributed by atoms with Crippen LogP contribution in [0.3, 0.4) is 0 Å². The van der Waals surface area contributed by atoms with Gasteiger partial charge in [0.15, 0.2) is 0 Å². The zero-order chi connectivity index (χ0) is 28.4. The summed E-state index contributed by atoms with van der Waals surface area (Å²) in [5.41, 5.74) is 1.81. The topological polar surface area (TPSA) is 163 Å². The number of urea groups is 1. The second kappa shape index (κ2) is 13.8. The summed E-state index contributed by atoms with van der Waals surface area (Å²) in [6.07, 6.45) is 3.19. The lowest BCUT2D eigenvalue weighted by Crippen LogP contribution is -2.47. The fourth-order valence-corrected chi connectivity index (χ4v) is 3.75. The molecule has 0 atom stereocenters.